The minimum atomic E-state index is 0.0649. The molecule has 0 bridgehead atoms. The maximum atomic E-state index is 12.2. The van der Waals surface area contributed by atoms with Crippen LogP contribution in [-0.2, 0) is 0 Å². The van der Waals surface area contributed by atoms with Crippen molar-refractivity contribution in [3.05, 3.63) is 83.4 Å². The minimum Gasteiger partial charge on any atom is -0.289 e. The van der Waals surface area contributed by atoms with Gasteiger partial charge < -0.3 is 0 Å². The lowest BCUT2D eigenvalue weighted by atomic mass is 9.93. The number of hydrogen-bond donors (Lipinski definition) is 0. The first-order valence-electron chi connectivity index (χ1n) is 6.44. The third-order valence-electron chi connectivity index (χ3n) is 3.45. The minimum absolute atomic E-state index is 0.0649. The first kappa shape index (κ1) is 13.3. The van der Waals surface area contributed by atoms with Crippen molar-refractivity contribution in [2.45, 2.75) is 19.8 Å². The molecule has 2 aromatic rings. The highest BCUT2D eigenvalue weighted by molar-refractivity contribution is 6.08. The first-order valence-corrected chi connectivity index (χ1v) is 6.44. The maximum absolute atomic E-state index is 12.2. The largest absolute Gasteiger partial charge is 0.289 e. The fraction of sp³-hybridized carbons (Fsp3) is 0.167. The molecule has 0 fully saturated rings. The number of ketones is 1. The quantitative estimate of drug-likeness (QED) is 0.572. The molecule has 0 saturated carbocycles. The van der Waals surface area contributed by atoms with Gasteiger partial charge in [-0.15, -0.1) is 0 Å². The molecule has 2 rings (SSSR count). The number of carbonyl (C=O) groups is 1. The van der Waals surface area contributed by atoms with Crippen LogP contribution >= 0.6 is 0 Å². The van der Waals surface area contributed by atoms with Crippen LogP contribution in [0.15, 0.2) is 66.7 Å². The van der Waals surface area contributed by atoms with Crippen LogP contribution in [0.4, 0.5) is 0 Å². The predicted octanol–water partition coefficient (Wildman–Crippen LogP) is 4.60. The Morgan fingerprint density at radius 2 is 1.47 bits per heavy atom. The third-order valence-corrected chi connectivity index (χ3v) is 3.45. The van der Waals surface area contributed by atoms with E-state index in [1.807, 2.05) is 61.5 Å². The zero-order valence-electron chi connectivity index (χ0n) is 11.4. The number of rotatable bonds is 4. The van der Waals surface area contributed by atoms with Gasteiger partial charge in [-0.2, -0.15) is 0 Å². The lowest BCUT2D eigenvalue weighted by Gasteiger charge is -2.11. The van der Waals surface area contributed by atoms with Gasteiger partial charge >= 0.3 is 0 Å². The molecule has 0 heterocycles. The molecule has 0 aromatic heterocycles. The van der Waals surface area contributed by atoms with Crippen molar-refractivity contribution in [2.24, 2.45) is 0 Å². The van der Waals surface area contributed by atoms with E-state index < -0.39 is 0 Å². The zero-order chi connectivity index (χ0) is 13.8. The Bertz CT molecular complexity index is 579. The monoisotopic (exact) mass is 250 g/mol. The standard InChI is InChI=1S/C18H18O/c1-13(2)14(3)15-9-11-17(12-10-15)18(19)16-7-5-4-6-8-16/h4-12,14H,1H2,2-3H3. The van der Waals surface area contributed by atoms with E-state index in [2.05, 4.69) is 13.5 Å². The van der Waals surface area contributed by atoms with Crippen molar-refractivity contribution in [3.63, 3.8) is 0 Å². The summed E-state index contributed by atoms with van der Waals surface area (Å²) in [6, 6.07) is 17.2. The Morgan fingerprint density at radius 1 is 0.947 bits per heavy atom. The molecule has 1 nitrogen and oxygen atoms in total. The molecule has 1 atom stereocenters. The van der Waals surface area contributed by atoms with Gasteiger partial charge in [0, 0.05) is 17.0 Å². The summed E-state index contributed by atoms with van der Waals surface area (Å²) in [5.74, 6) is 0.385. The van der Waals surface area contributed by atoms with Crippen LogP contribution in [0.5, 0.6) is 0 Å². The van der Waals surface area contributed by atoms with Crippen molar-refractivity contribution < 1.29 is 4.79 Å². The summed E-state index contributed by atoms with van der Waals surface area (Å²) >= 11 is 0. The Morgan fingerprint density at radius 3 is 2.00 bits per heavy atom. The van der Waals surface area contributed by atoms with Gasteiger partial charge in [-0.25, -0.2) is 0 Å². The molecule has 0 saturated heterocycles. The molecule has 1 heteroatoms. The first-order chi connectivity index (χ1) is 9.09. The van der Waals surface area contributed by atoms with E-state index in [4.69, 9.17) is 0 Å². The van der Waals surface area contributed by atoms with Gasteiger partial charge in [0.05, 0.1) is 0 Å². The van der Waals surface area contributed by atoms with Gasteiger partial charge in [0.1, 0.15) is 0 Å². The highest BCUT2D eigenvalue weighted by atomic mass is 16.1. The molecule has 0 aliphatic rings. The van der Waals surface area contributed by atoms with E-state index in [0.29, 0.717) is 5.92 Å². The lowest BCUT2D eigenvalue weighted by molar-refractivity contribution is 0.103. The van der Waals surface area contributed by atoms with E-state index >= 15 is 0 Å². The molecule has 0 amide bonds. The highest BCUT2D eigenvalue weighted by Crippen LogP contribution is 2.22. The summed E-state index contributed by atoms with van der Waals surface area (Å²) in [4.78, 5) is 12.2. The molecule has 0 aliphatic carbocycles. The molecule has 0 spiro atoms. The second kappa shape index (κ2) is 5.66. The topological polar surface area (TPSA) is 17.1 Å². The van der Waals surface area contributed by atoms with E-state index in [1.165, 1.54) is 5.56 Å². The van der Waals surface area contributed by atoms with Crippen LogP contribution in [0, 0.1) is 0 Å². The van der Waals surface area contributed by atoms with E-state index in [1.54, 1.807) is 0 Å². The average molecular weight is 250 g/mol. The fourth-order valence-electron chi connectivity index (χ4n) is 1.96. The lowest BCUT2D eigenvalue weighted by Crippen LogP contribution is -2.02. The fourth-order valence-corrected chi connectivity index (χ4v) is 1.96. The van der Waals surface area contributed by atoms with Gasteiger partial charge in [0.25, 0.3) is 0 Å². The summed E-state index contributed by atoms with van der Waals surface area (Å²) in [6.07, 6.45) is 0. The Kier molecular flexibility index (Phi) is 3.96. The SMILES string of the molecule is C=C(C)C(C)c1ccc(C(=O)c2ccccc2)cc1. The van der Waals surface area contributed by atoms with Crippen LogP contribution in [-0.4, -0.2) is 5.78 Å². The van der Waals surface area contributed by atoms with Crippen molar-refractivity contribution in [1.29, 1.82) is 0 Å². The van der Waals surface area contributed by atoms with Crippen molar-refractivity contribution >= 4 is 5.78 Å². The number of hydrogen-bond acceptors (Lipinski definition) is 1. The van der Waals surface area contributed by atoms with Crippen LogP contribution in [0.3, 0.4) is 0 Å². The second-order valence-corrected chi connectivity index (χ2v) is 4.89. The van der Waals surface area contributed by atoms with Crippen LogP contribution in [0.1, 0.15) is 41.3 Å². The molecule has 0 N–H and O–H groups in total. The Balaban J connectivity index is 2.24. The highest BCUT2D eigenvalue weighted by Gasteiger charge is 2.10. The van der Waals surface area contributed by atoms with Gasteiger partial charge in [-0.3, -0.25) is 4.79 Å². The van der Waals surface area contributed by atoms with Gasteiger partial charge in [-0.05, 0) is 12.5 Å². The van der Waals surface area contributed by atoms with Crippen molar-refractivity contribution in [1.82, 2.24) is 0 Å². The van der Waals surface area contributed by atoms with Crippen LogP contribution in [0.25, 0.3) is 0 Å². The number of carbonyl (C=O) groups excluding carboxylic acids is 1. The predicted molar refractivity (Wildman–Crippen MR) is 79.5 cm³/mol. The molecule has 0 radical (unpaired) electrons. The number of benzene rings is 2. The summed E-state index contributed by atoms with van der Waals surface area (Å²) < 4.78 is 0. The van der Waals surface area contributed by atoms with E-state index in [-0.39, 0.29) is 5.78 Å². The Hall–Kier alpha value is -2.15. The van der Waals surface area contributed by atoms with Crippen LogP contribution < -0.4 is 0 Å². The third kappa shape index (κ3) is 3.00. The maximum Gasteiger partial charge on any atom is 0.193 e. The average Bonchev–Trinajstić information content (AvgIpc) is 2.46. The van der Waals surface area contributed by atoms with Gasteiger partial charge in [0.2, 0.25) is 0 Å². The number of allylic oxidation sites excluding steroid dienone is 1. The zero-order valence-corrected chi connectivity index (χ0v) is 11.4. The molecule has 0 aliphatic heterocycles. The van der Waals surface area contributed by atoms with E-state index in [9.17, 15) is 4.79 Å². The normalized spacial score (nSPS) is 11.9. The summed E-state index contributed by atoms with van der Waals surface area (Å²) in [5, 5.41) is 0. The smallest absolute Gasteiger partial charge is 0.193 e. The molecular weight excluding hydrogens is 232 g/mol. The molecular formula is C18H18O. The van der Waals surface area contributed by atoms with Crippen molar-refractivity contribution in [3.8, 4) is 0 Å². The Labute approximate surface area is 114 Å². The summed E-state index contributed by atoms with van der Waals surface area (Å²) in [5.41, 5.74) is 3.77. The van der Waals surface area contributed by atoms with Gasteiger partial charge in [0.15, 0.2) is 5.78 Å². The van der Waals surface area contributed by atoms with Crippen molar-refractivity contribution in [2.75, 3.05) is 0 Å². The second-order valence-electron chi connectivity index (χ2n) is 4.89. The molecule has 19 heavy (non-hydrogen) atoms. The van der Waals surface area contributed by atoms with Gasteiger partial charge in [-0.1, -0.05) is 73.7 Å². The summed E-state index contributed by atoms with van der Waals surface area (Å²) in [6.45, 7) is 8.11. The molecule has 2 aromatic carbocycles. The summed E-state index contributed by atoms with van der Waals surface area (Å²) in [7, 11) is 0. The molecule has 96 valence electrons. The molecule has 1 unspecified atom stereocenters. The van der Waals surface area contributed by atoms with E-state index in [0.717, 1.165) is 16.7 Å². The van der Waals surface area contributed by atoms with Crippen LogP contribution in [0.2, 0.25) is 0 Å².